The third kappa shape index (κ3) is 17.4. The highest BCUT2D eigenvalue weighted by Gasteiger charge is 2.47. The van der Waals surface area contributed by atoms with Crippen molar-refractivity contribution >= 4 is 136 Å². The van der Waals surface area contributed by atoms with Gasteiger partial charge in [0.15, 0.2) is 17.5 Å². The van der Waals surface area contributed by atoms with Gasteiger partial charge in [0.1, 0.15) is 34.5 Å². The molecule has 0 spiro atoms. The molecule has 6 aliphatic rings. The highest BCUT2D eigenvalue weighted by atomic mass is 35.5. The number of piperazine rings is 3. The average Bonchev–Trinajstić information content (AvgIpc) is 0.709. The number of hydrogen-bond donors (Lipinski definition) is 4. The number of halogens is 9. The van der Waals surface area contributed by atoms with E-state index in [2.05, 4.69) is 49.8 Å². The van der Waals surface area contributed by atoms with Gasteiger partial charge in [-0.2, -0.15) is 0 Å². The van der Waals surface area contributed by atoms with Gasteiger partial charge in [0.25, 0.3) is 16.7 Å². The molecule has 6 unspecified atom stereocenters. The molecule has 7 N–H and O–H groups in total. The maximum absolute atomic E-state index is 17.6. The molecule has 6 aromatic heterocycles. The number of fused-ring (bicyclic) bond motifs is 15. The number of rotatable bonds is 16. The number of amides is 3. The number of nitrogens with two attached hydrogens (primary N) is 3. The van der Waals surface area contributed by atoms with Crippen LogP contribution in [0.4, 0.5) is 77.5 Å². The lowest BCUT2D eigenvalue weighted by Crippen LogP contribution is -2.64. The largest absolute Gasteiger partial charge is 0.399 e. The Hall–Kier alpha value is -13.4. The minimum atomic E-state index is -0.944. The van der Waals surface area contributed by atoms with E-state index in [0.717, 1.165) is 18.5 Å². The number of benzene rings is 6. The van der Waals surface area contributed by atoms with Crippen LogP contribution in [0.1, 0.15) is 120 Å². The predicted octanol–water partition coefficient (Wildman–Crippen LogP) is 18.4. The molecule has 726 valence electrons. The maximum atomic E-state index is 17.6. The van der Waals surface area contributed by atoms with Gasteiger partial charge in [-0.05, 0) is 212 Å². The summed E-state index contributed by atoms with van der Waals surface area (Å²) in [5, 5.41) is 4.29. The first-order valence-corrected chi connectivity index (χ1v) is 47.5. The Morgan fingerprint density at radius 1 is 0.453 bits per heavy atom. The van der Waals surface area contributed by atoms with Gasteiger partial charge in [-0.1, -0.05) is 96.1 Å². The van der Waals surface area contributed by atoms with Crippen LogP contribution < -0.4 is 63.7 Å². The maximum Gasteiger partial charge on any atom is 0.281 e. The molecule has 0 radical (unpaired) electrons. The first-order valence-electron chi connectivity index (χ1n) is 46.3. The fourth-order valence-corrected chi connectivity index (χ4v) is 21.5. The molecular weight excluding hydrogens is 1840 g/mol. The van der Waals surface area contributed by atoms with Gasteiger partial charge in [0.05, 0.1) is 103 Å². The van der Waals surface area contributed by atoms with E-state index in [-0.39, 0.29) is 176 Å². The number of likely N-dealkylation sites (N-methyl/N-ethyl adjacent to an activating group) is 1. The number of nitrogen functional groups attached to an aromatic ring is 3. The van der Waals surface area contributed by atoms with Gasteiger partial charge in [-0.3, -0.25) is 57.4 Å². The first-order chi connectivity index (χ1) is 66.0. The minimum Gasteiger partial charge on any atom is -0.399 e. The van der Waals surface area contributed by atoms with Crippen LogP contribution in [-0.2, 0) is 14.4 Å². The molecule has 25 nitrogen and oxygen atoms in total. The van der Waals surface area contributed by atoms with Crippen LogP contribution in [0.3, 0.4) is 0 Å². The van der Waals surface area contributed by atoms with Crippen molar-refractivity contribution < 1.29 is 40.7 Å². The van der Waals surface area contributed by atoms with E-state index in [0.29, 0.717) is 139 Å². The van der Waals surface area contributed by atoms with Crippen molar-refractivity contribution in [3.8, 4) is 50.4 Å². The van der Waals surface area contributed by atoms with E-state index in [4.69, 9.17) is 52.0 Å². The fraction of sp³-hybridized carbons (Fsp3) is 0.343. The van der Waals surface area contributed by atoms with Gasteiger partial charge in [0.2, 0.25) is 17.7 Å². The zero-order valence-corrected chi connectivity index (χ0v) is 82.5. The number of carbonyl (C=O) groups is 3. The summed E-state index contributed by atoms with van der Waals surface area (Å²) in [4.78, 5) is 114. The predicted molar refractivity (Wildman–Crippen MR) is 547 cm³/mol. The SMILES string of the molecule is C=CC(=O)N1CC2CN(C)c3c(c4cc(F)c(-c5cc(N)ccc5Cl)c(F)c4n(-c4c(C)ccnc4C(C)C)c3=O)N2CC1C.C=CC(=O)N1CC2CN(CCCN(C)C)c3c(c4cc(F)c(-c5cc(N)ccc5Cl)c(F)c4n(-c4c(C)ccnc4C(C)C)c3=O)N2CC1C.C=CC(=O)N1CC2CNc3c(c4cc(F)c(-c5cc(N)ccc5Cl)c(F)c4n(-c4c(C)ccnc4C(C)C)c3=O)N2CC1C. The Morgan fingerprint density at radius 3 is 1.14 bits per heavy atom. The summed E-state index contributed by atoms with van der Waals surface area (Å²) in [5.41, 5.74) is 23.9. The second-order valence-electron chi connectivity index (χ2n) is 38.1. The molecule has 0 aliphatic carbocycles. The molecule has 3 saturated heterocycles. The van der Waals surface area contributed by atoms with E-state index in [1.807, 2.05) is 117 Å². The average molecular weight is 1960 g/mol. The van der Waals surface area contributed by atoms with Crippen LogP contribution in [0.25, 0.3) is 83.2 Å². The van der Waals surface area contributed by atoms with E-state index in [9.17, 15) is 24.0 Å². The van der Waals surface area contributed by atoms with Gasteiger partial charge >= 0.3 is 0 Å². The first kappa shape index (κ1) is 98.7. The van der Waals surface area contributed by atoms with Crippen molar-refractivity contribution in [1.82, 2.24) is 48.3 Å². The van der Waals surface area contributed by atoms with Crippen LogP contribution >= 0.6 is 34.8 Å². The van der Waals surface area contributed by atoms with Crippen molar-refractivity contribution in [2.75, 3.05) is 140 Å². The smallest absolute Gasteiger partial charge is 0.281 e. The lowest BCUT2D eigenvalue weighted by molar-refractivity contribution is -0.129. The summed E-state index contributed by atoms with van der Waals surface area (Å²) in [6, 6.07) is 21.1. The Labute approximate surface area is 816 Å². The van der Waals surface area contributed by atoms with Crippen molar-refractivity contribution in [3.63, 3.8) is 0 Å². The molecule has 18 rings (SSSR count). The third-order valence-corrected chi connectivity index (χ3v) is 28.4. The van der Waals surface area contributed by atoms with Gasteiger partial charge in [-0.25, -0.2) is 26.3 Å². The summed E-state index contributed by atoms with van der Waals surface area (Å²) >= 11 is 19.5. The van der Waals surface area contributed by atoms with Crippen molar-refractivity contribution in [1.29, 1.82) is 0 Å². The molecule has 12 aromatic rings. The lowest BCUT2D eigenvalue weighted by atomic mass is 9.95. The summed E-state index contributed by atoms with van der Waals surface area (Å²) in [6.45, 7) is 38.6. The number of pyridine rings is 6. The van der Waals surface area contributed by atoms with Gasteiger partial charge in [-0.15, -0.1) is 0 Å². The summed E-state index contributed by atoms with van der Waals surface area (Å²) in [6.07, 6.45) is 9.61. The van der Waals surface area contributed by atoms with E-state index in [1.54, 1.807) is 76.7 Å². The van der Waals surface area contributed by atoms with Crippen LogP contribution in [0.2, 0.25) is 15.1 Å². The highest BCUT2D eigenvalue weighted by molar-refractivity contribution is 6.34. The molecular formula is C105H112Cl3F6N19O6. The monoisotopic (exact) mass is 1950 g/mol. The molecule has 0 bridgehead atoms. The quantitative estimate of drug-likeness (QED) is 0.0397. The second-order valence-corrected chi connectivity index (χ2v) is 39.3. The van der Waals surface area contributed by atoms with Crippen LogP contribution in [0.5, 0.6) is 0 Å². The summed E-state index contributed by atoms with van der Waals surface area (Å²) in [7, 11) is 5.77. The summed E-state index contributed by atoms with van der Waals surface area (Å²) in [5.74, 6) is -6.25. The number of aryl methyl sites for hydroxylation is 3. The number of anilines is 9. The van der Waals surface area contributed by atoms with E-state index >= 15 is 31.1 Å². The summed E-state index contributed by atoms with van der Waals surface area (Å²) < 4.78 is 105. The van der Waals surface area contributed by atoms with E-state index in [1.165, 1.54) is 86.5 Å². The third-order valence-electron chi connectivity index (χ3n) is 27.4. The molecule has 34 heteroatoms. The Balaban J connectivity index is 0.000000151. The van der Waals surface area contributed by atoms with Crippen molar-refractivity contribution in [2.45, 2.75) is 144 Å². The van der Waals surface area contributed by atoms with Crippen LogP contribution in [-0.4, -0.2) is 195 Å². The van der Waals surface area contributed by atoms with Gasteiger partial charge in [0, 0.05) is 174 Å². The highest BCUT2D eigenvalue weighted by Crippen LogP contribution is 2.51. The number of nitrogens with zero attached hydrogens (tertiary/aromatic N) is 15. The molecule has 3 amide bonds. The van der Waals surface area contributed by atoms with Crippen LogP contribution in [0.15, 0.2) is 162 Å². The Kier molecular flexibility index (Phi) is 27.5. The molecule has 0 saturated carbocycles. The van der Waals surface area contributed by atoms with Crippen LogP contribution in [0, 0.1) is 55.7 Å². The standard InChI is InChI=1S/C38H44ClF2N7O2.C34H35ClF2N6O2.C33H33ClF2N6O2/c1-8-30(49)46-20-25-19-45(15-9-14-44(6)7)37-36(47(25)18-23(46)5)27-17-29(40)31(26-16-24(42)10-11-28(26)39)32(41)35(27)48(38(37)50)34-22(4)12-13-43-33(34)21(2)3;1-7-26(44)41-16-21-15-40(6)33-32(42(21)14-19(41)5)23-13-25(36)27(22-12-20(38)8-9-24(22)35)28(37)31(23)43(34(33)45)30-18(4)10-11-39-29(30)17(2)3;1-6-25(43)40-15-20-13-39-29-32(41(20)14-18(40)5)22-12-24(35)26(21-11-19(37)7-8-23(21)34)27(36)31(22)42(33(29)44)30-17(4)9-10-38-28(30)16(2)3/h8,10-13,16-17,21,23,25H,1,9,14-15,18-20,42H2,2-7H3;7-13,17,19,21H,1,14-16,38H2,2-6H3;6-12,16,18,20,39H,1,13-15,37H2,2-5H3. The molecule has 6 atom stereocenters. The van der Waals surface area contributed by atoms with E-state index < -0.39 is 51.6 Å². The number of carbonyl (C=O) groups excluding carboxylic acids is 3. The Bertz CT molecular complexity index is 7290. The molecule has 139 heavy (non-hydrogen) atoms. The zero-order chi connectivity index (χ0) is 100. The molecule has 12 heterocycles. The van der Waals surface area contributed by atoms with Crippen molar-refractivity contribution in [3.05, 3.63) is 262 Å². The van der Waals surface area contributed by atoms with Crippen molar-refractivity contribution in [2.24, 2.45) is 0 Å². The Morgan fingerprint density at radius 2 is 0.784 bits per heavy atom. The molecule has 6 aliphatic heterocycles. The zero-order valence-electron chi connectivity index (χ0n) is 80.2. The number of nitrogens with one attached hydrogen (secondary N) is 1. The number of aromatic nitrogens is 6. The number of hydrogen-bond acceptors (Lipinski definition) is 19. The minimum absolute atomic E-state index is 0.0761. The second kappa shape index (κ2) is 38.8. The molecule has 3 fully saturated rings. The normalized spacial score (nSPS) is 17.7. The topological polar surface area (TPSA) is 275 Å². The van der Waals surface area contributed by atoms with Gasteiger partial charge < -0.3 is 66.6 Å². The lowest BCUT2D eigenvalue weighted by Gasteiger charge is -2.52. The molecule has 6 aromatic carbocycles. The fourth-order valence-electron chi connectivity index (χ4n) is 20.9.